The Morgan fingerprint density at radius 1 is 0.617 bits per heavy atom. The van der Waals surface area contributed by atoms with Gasteiger partial charge in [-0.15, -0.1) is 0 Å². The van der Waals surface area contributed by atoms with Crippen molar-refractivity contribution in [3.63, 3.8) is 0 Å². The Bertz CT molecular complexity index is 2280. The monoisotopic (exact) mass is 606 g/mol. The lowest BCUT2D eigenvalue weighted by Gasteiger charge is -2.32. The first kappa shape index (κ1) is 27.8. The minimum absolute atomic E-state index is 0.0560. The van der Waals surface area contributed by atoms with Crippen LogP contribution >= 0.6 is 0 Å². The molecule has 0 saturated heterocycles. The van der Waals surface area contributed by atoms with E-state index in [2.05, 4.69) is 140 Å². The van der Waals surface area contributed by atoms with Gasteiger partial charge >= 0.3 is 0 Å². The standard InChI is InChI=1S/C43H34N4/c1-27-12-13-34(38-24-20-32-15-14-30-18-22-36(28-8-4-2-5-9-28)44-40(30)41(32)46-38)26-35(27)39-25-21-33-17-16-31-19-23-37(29-10-6-3-7-11-29)45-42(31)43(33)47-39/h2-15,18-27,31,35,42H,16-17H2,1H3. The first-order valence-corrected chi connectivity index (χ1v) is 16.7. The highest BCUT2D eigenvalue weighted by Crippen LogP contribution is 2.42. The van der Waals surface area contributed by atoms with Crippen LogP contribution in [0.25, 0.3) is 38.6 Å². The normalized spacial score (nSPS) is 21.6. The summed E-state index contributed by atoms with van der Waals surface area (Å²) in [6, 6.07) is 38.3. The molecule has 4 heteroatoms. The van der Waals surface area contributed by atoms with Crippen LogP contribution in [-0.4, -0.2) is 20.7 Å². The molecule has 0 N–H and O–H groups in total. The first-order chi connectivity index (χ1) is 23.2. The van der Waals surface area contributed by atoms with E-state index in [0.717, 1.165) is 79.8 Å². The molecule has 3 aromatic heterocycles. The second kappa shape index (κ2) is 11.4. The van der Waals surface area contributed by atoms with Crippen LogP contribution in [0.5, 0.6) is 0 Å². The zero-order chi connectivity index (χ0) is 31.3. The maximum absolute atomic E-state index is 5.41. The molecule has 1 aliphatic heterocycles. The van der Waals surface area contributed by atoms with E-state index in [1.807, 2.05) is 6.07 Å². The van der Waals surface area contributed by atoms with Crippen LogP contribution in [0.2, 0.25) is 0 Å². The van der Waals surface area contributed by atoms with Crippen molar-refractivity contribution in [1.82, 2.24) is 15.0 Å². The number of benzene rings is 3. The van der Waals surface area contributed by atoms with Crippen molar-refractivity contribution in [2.75, 3.05) is 0 Å². The van der Waals surface area contributed by atoms with E-state index < -0.39 is 0 Å². The van der Waals surface area contributed by atoms with Crippen LogP contribution in [-0.2, 0) is 6.42 Å². The molecule has 2 aliphatic carbocycles. The molecule has 226 valence electrons. The van der Waals surface area contributed by atoms with Gasteiger partial charge in [0, 0.05) is 33.9 Å². The van der Waals surface area contributed by atoms with Crippen molar-refractivity contribution in [2.45, 2.75) is 31.7 Å². The summed E-state index contributed by atoms with van der Waals surface area (Å²) in [7, 11) is 0. The van der Waals surface area contributed by atoms with Gasteiger partial charge in [0.1, 0.15) is 0 Å². The van der Waals surface area contributed by atoms with Gasteiger partial charge < -0.3 is 0 Å². The molecule has 4 atom stereocenters. The van der Waals surface area contributed by atoms with E-state index >= 15 is 0 Å². The SMILES string of the molecule is CC1C=CC(c2ccc3ccc4ccc(-c5ccccc5)nc4c3n2)=CC1c1ccc2c(n1)C1N=C(c3ccccc3)C=CC1CC2. The van der Waals surface area contributed by atoms with Gasteiger partial charge in [-0.25, -0.2) is 9.97 Å². The van der Waals surface area contributed by atoms with Gasteiger partial charge in [-0.1, -0.05) is 122 Å². The number of nitrogens with zero attached hydrogens (tertiary/aromatic N) is 4. The predicted molar refractivity (Wildman–Crippen MR) is 192 cm³/mol. The fourth-order valence-electron chi connectivity index (χ4n) is 7.40. The molecule has 4 nitrogen and oxygen atoms in total. The molecule has 0 spiro atoms. The van der Waals surface area contributed by atoms with Gasteiger partial charge in [-0.2, -0.15) is 0 Å². The minimum Gasteiger partial charge on any atom is -0.274 e. The van der Waals surface area contributed by atoms with Crippen LogP contribution in [0.4, 0.5) is 0 Å². The largest absolute Gasteiger partial charge is 0.274 e. The number of hydrogen-bond donors (Lipinski definition) is 0. The summed E-state index contributed by atoms with van der Waals surface area (Å²) in [6.07, 6.45) is 13.6. The van der Waals surface area contributed by atoms with Gasteiger partial charge in [0.05, 0.1) is 39.9 Å². The van der Waals surface area contributed by atoms with Crippen LogP contribution in [0.3, 0.4) is 0 Å². The Hall–Kier alpha value is -5.48. The van der Waals surface area contributed by atoms with Gasteiger partial charge in [0.25, 0.3) is 0 Å². The second-order valence-electron chi connectivity index (χ2n) is 13.0. The summed E-state index contributed by atoms with van der Waals surface area (Å²) in [6.45, 7) is 2.28. The quantitative estimate of drug-likeness (QED) is 0.188. The van der Waals surface area contributed by atoms with E-state index in [4.69, 9.17) is 19.9 Å². The molecule has 4 heterocycles. The molecule has 0 fully saturated rings. The number of aryl methyl sites for hydroxylation is 1. The number of dihydropyridines is 1. The van der Waals surface area contributed by atoms with Crippen molar-refractivity contribution in [2.24, 2.45) is 16.8 Å². The maximum atomic E-state index is 5.41. The van der Waals surface area contributed by atoms with E-state index in [-0.39, 0.29) is 12.0 Å². The van der Waals surface area contributed by atoms with E-state index in [1.165, 1.54) is 5.56 Å². The topological polar surface area (TPSA) is 51.0 Å². The van der Waals surface area contributed by atoms with Crippen molar-refractivity contribution in [3.05, 3.63) is 168 Å². The summed E-state index contributed by atoms with van der Waals surface area (Å²) in [5.74, 6) is 0.847. The van der Waals surface area contributed by atoms with Crippen LogP contribution < -0.4 is 0 Å². The second-order valence-corrected chi connectivity index (χ2v) is 13.0. The smallest absolute Gasteiger partial charge is 0.0992 e. The van der Waals surface area contributed by atoms with Crippen molar-refractivity contribution >= 4 is 33.1 Å². The average molecular weight is 607 g/mol. The lowest BCUT2D eigenvalue weighted by Crippen LogP contribution is -2.24. The fourth-order valence-corrected chi connectivity index (χ4v) is 7.40. The highest BCUT2D eigenvalue weighted by molar-refractivity contribution is 6.09. The summed E-state index contributed by atoms with van der Waals surface area (Å²) in [4.78, 5) is 21.0. The van der Waals surface area contributed by atoms with Crippen molar-refractivity contribution < 1.29 is 0 Å². The molecule has 3 aliphatic rings. The molecule has 0 amide bonds. The van der Waals surface area contributed by atoms with Gasteiger partial charge in [0.15, 0.2) is 0 Å². The third kappa shape index (κ3) is 5.01. The zero-order valence-corrected chi connectivity index (χ0v) is 26.3. The molecule has 0 saturated carbocycles. The van der Waals surface area contributed by atoms with Crippen LogP contribution in [0.1, 0.15) is 53.5 Å². The molecule has 4 unspecified atom stereocenters. The molecular weight excluding hydrogens is 573 g/mol. The van der Waals surface area contributed by atoms with E-state index in [9.17, 15) is 0 Å². The number of hydrogen-bond acceptors (Lipinski definition) is 4. The summed E-state index contributed by atoms with van der Waals surface area (Å²) in [5, 5.41) is 2.18. The predicted octanol–water partition coefficient (Wildman–Crippen LogP) is 9.88. The lowest BCUT2D eigenvalue weighted by molar-refractivity contribution is 0.440. The highest BCUT2D eigenvalue weighted by Gasteiger charge is 2.33. The number of pyridine rings is 3. The number of aliphatic imine (C=N–C) groups is 1. The number of aromatic nitrogens is 3. The summed E-state index contributed by atoms with van der Waals surface area (Å²) in [5.41, 5.74) is 11.8. The highest BCUT2D eigenvalue weighted by atomic mass is 14.9. The molecule has 6 aromatic rings. The third-order valence-electron chi connectivity index (χ3n) is 10.0. The molecule has 47 heavy (non-hydrogen) atoms. The van der Waals surface area contributed by atoms with Gasteiger partial charge in [-0.3, -0.25) is 9.98 Å². The Labute approximate surface area is 275 Å². The average Bonchev–Trinajstić information content (AvgIpc) is 3.15. The Morgan fingerprint density at radius 3 is 2.06 bits per heavy atom. The fraction of sp³-hybridized carbons (Fsp3) is 0.163. The third-order valence-corrected chi connectivity index (χ3v) is 10.0. The Morgan fingerprint density at radius 2 is 1.30 bits per heavy atom. The van der Waals surface area contributed by atoms with Crippen LogP contribution in [0.15, 0.2) is 145 Å². The first-order valence-electron chi connectivity index (χ1n) is 16.7. The molecule has 3 aromatic carbocycles. The Kier molecular flexibility index (Phi) is 6.74. The van der Waals surface area contributed by atoms with E-state index in [1.54, 1.807) is 0 Å². The van der Waals surface area contributed by atoms with Gasteiger partial charge in [-0.05, 0) is 59.7 Å². The van der Waals surface area contributed by atoms with E-state index in [0.29, 0.717) is 11.8 Å². The lowest BCUT2D eigenvalue weighted by atomic mass is 9.79. The number of fused-ring (bicyclic) bond motifs is 6. The van der Waals surface area contributed by atoms with Crippen molar-refractivity contribution in [1.29, 1.82) is 0 Å². The van der Waals surface area contributed by atoms with Crippen LogP contribution in [0, 0.1) is 11.8 Å². The molecular formula is C43H34N4. The molecule has 0 bridgehead atoms. The minimum atomic E-state index is 0.0560. The number of allylic oxidation sites excluding steroid dienone is 5. The Balaban J connectivity index is 1.09. The summed E-state index contributed by atoms with van der Waals surface area (Å²) < 4.78 is 0. The van der Waals surface area contributed by atoms with Crippen molar-refractivity contribution in [3.8, 4) is 11.3 Å². The number of rotatable bonds is 4. The molecule has 0 radical (unpaired) electrons. The zero-order valence-electron chi connectivity index (χ0n) is 26.3. The summed E-state index contributed by atoms with van der Waals surface area (Å²) >= 11 is 0. The maximum Gasteiger partial charge on any atom is 0.0992 e. The van der Waals surface area contributed by atoms with Gasteiger partial charge in [0.2, 0.25) is 0 Å². The molecule has 9 rings (SSSR count).